The summed E-state index contributed by atoms with van der Waals surface area (Å²) in [5.74, 6) is -2.85. The van der Waals surface area contributed by atoms with Crippen LogP contribution in [0.15, 0.2) is 17.0 Å². The molecule has 1 aromatic carbocycles. The maximum atomic E-state index is 13.7. The van der Waals surface area contributed by atoms with Gasteiger partial charge < -0.3 is 9.47 Å². The molecule has 112 valence electrons. The van der Waals surface area contributed by atoms with Crippen molar-refractivity contribution in [3.63, 3.8) is 0 Å². The summed E-state index contributed by atoms with van der Waals surface area (Å²) in [4.78, 5) is -0.634. The van der Waals surface area contributed by atoms with Crippen LogP contribution >= 0.6 is 0 Å². The fraction of sp³-hybridized carbons (Fsp3) is 0.500. The molecule has 2 N–H and O–H groups in total. The molecule has 0 aliphatic carbocycles. The molecule has 1 fully saturated rings. The van der Waals surface area contributed by atoms with Crippen molar-refractivity contribution in [2.24, 2.45) is 5.14 Å². The van der Waals surface area contributed by atoms with Gasteiger partial charge in [0.15, 0.2) is 17.4 Å². The van der Waals surface area contributed by atoms with Gasteiger partial charge >= 0.3 is 0 Å². The molecule has 1 aliphatic heterocycles. The van der Waals surface area contributed by atoms with Gasteiger partial charge in [-0.1, -0.05) is 0 Å². The highest BCUT2D eigenvalue weighted by molar-refractivity contribution is 7.89. The van der Waals surface area contributed by atoms with Crippen molar-refractivity contribution >= 4 is 10.0 Å². The van der Waals surface area contributed by atoms with Crippen LogP contribution in [-0.2, 0) is 14.8 Å². The van der Waals surface area contributed by atoms with Gasteiger partial charge in [-0.2, -0.15) is 0 Å². The molecule has 0 saturated carbocycles. The third-order valence-corrected chi connectivity index (χ3v) is 3.93. The number of primary sulfonamides is 1. The highest BCUT2D eigenvalue weighted by Gasteiger charge is 2.24. The summed E-state index contributed by atoms with van der Waals surface area (Å²) in [6.07, 6.45) is 1.49. The van der Waals surface area contributed by atoms with Gasteiger partial charge in [-0.25, -0.2) is 22.3 Å². The monoisotopic (exact) mass is 307 g/mol. The van der Waals surface area contributed by atoms with Gasteiger partial charge in [0.05, 0.1) is 17.1 Å². The van der Waals surface area contributed by atoms with Gasteiger partial charge in [-0.3, -0.25) is 0 Å². The molecule has 20 heavy (non-hydrogen) atoms. The van der Waals surface area contributed by atoms with E-state index in [1.165, 1.54) is 0 Å². The molecule has 2 rings (SSSR count). The molecule has 1 saturated heterocycles. The number of benzene rings is 1. The highest BCUT2D eigenvalue weighted by Crippen LogP contribution is 2.26. The second-order valence-electron chi connectivity index (χ2n) is 4.72. The first-order valence-electron chi connectivity index (χ1n) is 6.07. The summed E-state index contributed by atoms with van der Waals surface area (Å²) in [5.41, 5.74) is 0. The molecule has 2 atom stereocenters. The Hall–Kier alpha value is -1.25. The zero-order chi connectivity index (χ0) is 14.9. The van der Waals surface area contributed by atoms with Crippen LogP contribution in [0.2, 0.25) is 0 Å². The molecule has 0 aromatic heterocycles. The van der Waals surface area contributed by atoms with Crippen LogP contribution in [0.5, 0.6) is 5.75 Å². The standard InChI is InChI=1S/C12H15F2NO4S/c1-7-2-3-8(19-7)6-18-12-10(13)4-9(5-11(12)14)20(15,16)17/h4-5,7-8H,2-3,6H2,1H3,(H2,15,16,17). The Labute approximate surface area is 115 Å². The minimum atomic E-state index is -4.16. The first-order valence-corrected chi connectivity index (χ1v) is 7.62. The number of nitrogens with two attached hydrogens (primary N) is 1. The van der Waals surface area contributed by atoms with E-state index in [0.717, 1.165) is 12.8 Å². The van der Waals surface area contributed by atoms with Gasteiger partial charge in [0, 0.05) is 0 Å². The normalized spacial score (nSPS) is 23.0. The third-order valence-electron chi connectivity index (χ3n) is 3.03. The molecule has 1 aliphatic rings. The van der Waals surface area contributed by atoms with E-state index in [2.05, 4.69) is 0 Å². The van der Waals surface area contributed by atoms with E-state index in [1.54, 1.807) is 0 Å². The molecular weight excluding hydrogens is 292 g/mol. The molecule has 0 bridgehead atoms. The first kappa shape index (κ1) is 15.1. The maximum Gasteiger partial charge on any atom is 0.238 e. The van der Waals surface area contributed by atoms with E-state index in [4.69, 9.17) is 14.6 Å². The molecule has 0 radical (unpaired) electrons. The lowest BCUT2D eigenvalue weighted by atomic mass is 10.2. The van der Waals surface area contributed by atoms with Crippen LogP contribution < -0.4 is 9.88 Å². The number of hydrogen-bond acceptors (Lipinski definition) is 4. The molecular formula is C12H15F2NO4S. The summed E-state index contributed by atoms with van der Waals surface area (Å²) in [5, 5.41) is 4.81. The Balaban J connectivity index is 2.13. The Kier molecular flexibility index (Phi) is 4.26. The lowest BCUT2D eigenvalue weighted by Gasteiger charge is -2.14. The number of rotatable bonds is 4. The molecule has 8 heteroatoms. The Morgan fingerprint density at radius 3 is 2.40 bits per heavy atom. The van der Waals surface area contributed by atoms with Crippen molar-refractivity contribution in [2.45, 2.75) is 36.9 Å². The van der Waals surface area contributed by atoms with E-state index in [9.17, 15) is 17.2 Å². The number of sulfonamides is 1. The van der Waals surface area contributed by atoms with Crippen LogP contribution in [0.25, 0.3) is 0 Å². The van der Waals surface area contributed by atoms with Crippen molar-refractivity contribution in [3.8, 4) is 5.75 Å². The van der Waals surface area contributed by atoms with E-state index >= 15 is 0 Å². The van der Waals surface area contributed by atoms with Gasteiger partial charge in [0.2, 0.25) is 10.0 Å². The topological polar surface area (TPSA) is 78.6 Å². The Bertz CT molecular complexity index is 582. The summed E-state index contributed by atoms with van der Waals surface area (Å²) in [6, 6.07) is 1.26. The van der Waals surface area contributed by atoms with Gasteiger partial charge in [0.1, 0.15) is 6.61 Å². The summed E-state index contributed by atoms with van der Waals surface area (Å²) in [7, 11) is -4.16. The summed E-state index contributed by atoms with van der Waals surface area (Å²) >= 11 is 0. The Morgan fingerprint density at radius 1 is 1.35 bits per heavy atom. The third kappa shape index (κ3) is 3.44. The zero-order valence-electron chi connectivity index (χ0n) is 10.8. The fourth-order valence-electron chi connectivity index (χ4n) is 2.02. The lowest BCUT2D eigenvalue weighted by Crippen LogP contribution is -2.19. The Morgan fingerprint density at radius 2 is 1.95 bits per heavy atom. The second kappa shape index (κ2) is 5.63. The van der Waals surface area contributed by atoms with Crippen LogP contribution in [0.1, 0.15) is 19.8 Å². The van der Waals surface area contributed by atoms with Crippen LogP contribution in [0.3, 0.4) is 0 Å². The number of ether oxygens (including phenoxy) is 2. The molecule has 0 amide bonds. The minimum absolute atomic E-state index is 0.00685. The largest absolute Gasteiger partial charge is 0.485 e. The van der Waals surface area contributed by atoms with E-state index in [-0.39, 0.29) is 18.8 Å². The predicted molar refractivity (Wildman–Crippen MR) is 66.8 cm³/mol. The van der Waals surface area contributed by atoms with Gasteiger partial charge in [-0.05, 0) is 31.9 Å². The van der Waals surface area contributed by atoms with Crippen LogP contribution in [-0.4, -0.2) is 27.2 Å². The first-order chi connectivity index (χ1) is 9.27. The van der Waals surface area contributed by atoms with Crippen molar-refractivity contribution < 1.29 is 26.7 Å². The van der Waals surface area contributed by atoms with Gasteiger partial charge in [0.25, 0.3) is 0 Å². The average molecular weight is 307 g/mol. The van der Waals surface area contributed by atoms with E-state index in [0.29, 0.717) is 12.1 Å². The predicted octanol–water partition coefficient (Wildman–Crippen LogP) is 1.56. The fourth-order valence-corrected chi connectivity index (χ4v) is 2.56. The zero-order valence-corrected chi connectivity index (χ0v) is 11.6. The van der Waals surface area contributed by atoms with Gasteiger partial charge in [-0.15, -0.1) is 0 Å². The smallest absolute Gasteiger partial charge is 0.238 e. The quantitative estimate of drug-likeness (QED) is 0.915. The van der Waals surface area contributed by atoms with E-state index in [1.807, 2.05) is 6.92 Å². The molecule has 5 nitrogen and oxygen atoms in total. The number of halogens is 2. The lowest BCUT2D eigenvalue weighted by molar-refractivity contribution is 0.0246. The van der Waals surface area contributed by atoms with Crippen molar-refractivity contribution in [2.75, 3.05) is 6.61 Å². The van der Waals surface area contributed by atoms with Crippen molar-refractivity contribution in [1.82, 2.24) is 0 Å². The summed E-state index contributed by atoms with van der Waals surface area (Å²) in [6.45, 7) is 1.91. The average Bonchev–Trinajstić information content (AvgIpc) is 2.72. The second-order valence-corrected chi connectivity index (χ2v) is 6.28. The van der Waals surface area contributed by atoms with Crippen LogP contribution in [0.4, 0.5) is 8.78 Å². The maximum absolute atomic E-state index is 13.7. The summed E-state index contributed by atoms with van der Waals surface area (Å²) < 4.78 is 59.9. The molecule has 1 heterocycles. The van der Waals surface area contributed by atoms with Crippen molar-refractivity contribution in [3.05, 3.63) is 23.8 Å². The van der Waals surface area contributed by atoms with E-state index < -0.39 is 32.3 Å². The number of hydrogen-bond donors (Lipinski definition) is 1. The van der Waals surface area contributed by atoms with Crippen molar-refractivity contribution in [1.29, 1.82) is 0 Å². The van der Waals surface area contributed by atoms with Crippen LogP contribution in [0, 0.1) is 11.6 Å². The molecule has 2 unspecified atom stereocenters. The molecule has 0 spiro atoms. The highest BCUT2D eigenvalue weighted by atomic mass is 32.2. The molecule has 1 aromatic rings. The minimum Gasteiger partial charge on any atom is -0.485 e. The SMILES string of the molecule is CC1CCC(COc2c(F)cc(S(N)(=O)=O)cc2F)O1.